The molecule has 0 unspecified atom stereocenters. The van der Waals surface area contributed by atoms with Crippen LogP contribution in [0.5, 0.6) is 0 Å². The minimum absolute atomic E-state index is 1.75. The van der Waals surface area contributed by atoms with Gasteiger partial charge in [0.25, 0.3) is 0 Å². The van der Waals surface area contributed by atoms with Crippen molar-refractivity contribution >= 4 is 29.1 Å². The van der Waals surface area contributed by atoms with Crippen molar-refractivity contribution in [1.82, 2.24) is 0 Å². The van der Waals surface area contributed by atoms with Crippen LogP contribution in [0.2, 0.25) is 0 Å². The number of hydrogen-bond donors (Lipinski definition) is 2. The third-order valence-corrected chi connectivity index (χ3v) is 0. The van der Waals surface area contributed by atoms with Crippen LogP contribution < -0.4 is 5.90 Å². The molecule has 0 aliphatic rings. The Hall–Kier alpha value is 1.41. The first kappa shape index (κ1) is 10.4. The molecule has 0 fully saturated rings. The summed E-state index contributed by atoms with van der Waals surface area (Å²) in [5.41, 5.74) is 0. The zero-order valence-electron chi connectivity index (χ0n) is 2.51. The van der Waals surface area contributed by atoms with E-state index in [1.165, 1.54) is 0 Å². The number of halogens is 3. The van der Waals surface area contributed by atoms with Crippen LogP contribution in [0.25, 0.3) is 0 Å². The standard InChI is InChI=1S/3ClH.H3NO.Ru/c;;;1-2;/h3*1H;2H,1H2;/q;;;;+3/p-3. The van der Waals surface area contributed by atoms with E-state index in [0.717, 1.165) is 0 Å². The summed E-state index contributed by atoms with van der Waals surface area (Å²) in [6, 6.07) is 0. The van der Waals surface area contributed by atoms with Crippen molar-refractivity contribution < 1.29 is 18.2 Å². The molecule has 0 amide bonds. The molecule has 0 saturated carbocycles. The normalized spacial score (nSPS) is 8.50. The molecule has 0 atom stereocenters. The molecule has 3 N–H and O–H groups in total. The van der Waals surface area contributed by atoms with Gasteiger partial charge in [0.2, 0.25) is 0 Å². The Morgan fingerprint density at radius 2 is 1.17 bits per heavy atom. The average molecular weight is 240 g/mol. The predicted molar refractivity (Wildman–Crippen MR) is 23.5 cm³/mol. The molecule has 0 aromatic carbocycles. The van der Waals surface area contributed by atoms with Crippen LogP contribution >= 0.6 is 29.1 Å². The van der Waals surface area contributed by atoms with Gasteiger partial charge < -0.3 is 5.21 Å². The van der Waals surface area contributed by atoms with E-state index < -0.39 is 13.0 Å². The van der Waals surface area contributed by atoms with Gasteiger partial charge in [-0.25, -0.2) is 5.90 Å². The number of hydrogen-bond acceptors (Lipinski definition) is 2. The zero-order chi connectivity index (χ0) is 5.58. The molecule has 0 radical (unpaired) electrons. The molecule has 0 spiro atoms. The maximum absolute atomic E-state index is 6.50. The fourth-order valence-corrected chi connectivity index (χ4v) is 0. The van der Waals surface area contributed by atoms with Crippen molar-refractivity contribution in [3.8, 4) is 0 Å². The van der Waals surface area contributed by atoms with Crippen molar-refractivity contribution in [1.29, 1.82) is 0 Å². The van der Waals surface area contributed by atoms with Gasteiger partial charge in [0.1, 0.15) is 0 Å². The van der Waals surface area contributed by atoms with Gasteiger partial charge in [0.15, 0.2) is 0 Å². The van der Waals surface area contributed by atoms with Crippen LogP contribution in [-0.2, 0) is 13.0 Å². The van der Waals surface area contributed by atoms with Crippen LogP contribution in [0.4, 0.5) is 0 Å². The summed E-state index contributed by atoms with van der Waals surface area (Å²) in [6.07, 6.45) is 0. The molecule has 0 saturated heterocycles. The topological polar surface area (TPSA) is 46.2 Å². The second-order valence-corrected chi connectivity index (χ2v) is 8.07. The molecule has 0 aromatic heterocycles. The van der Waals surface area contributed by atoms with Gasteiger partial charge in [-0.05, 0) is 0 Å². The Labute approximate surface area is 53.2 Å². The third-order valence-electron chi connectivity index (χ3n) is 0. The minimum atomic E-state index is -1.75. The van der Waals surface area contributed by atoms with Gasteiger partial charge in [-0.2, -0.15) is 0 Å². The van der Waals surface area contributed by atoms with Crippen LogP contribution in [0.3, 0.4) is 0 Å². The molecule has 0 rings (SSSR count). The molecule has 6 heavy (non-hydrogen) atoms. The van der Waals surface area contributed by atoms with Crippen LogP contribution in [-0.4, -0.2) is 5.21 Å². The predicted octanol–water partition coefficient (Wildman–Crippen LogP) is 1.40. The molecule has 2 nitrogen and oxygen atoms in total. The Balaban J connectivity index is 0. The van der Waals surface area contributed by atoms with E-state index in [4.69, 9.17) is 34.3 Å². The van der Waals surface area contributed by atoms with Gasteiger partial charge >= 0.3 is 42.1 Å². The quantitative estimate of drug-likeness (QED) is 0.497. The maximum atomic E-state index is 6.50. The van der Waals surface area contributed by atoms with Crippen molar-refractivity contribution in [2.45, 2.75) is 0 Å². The van der Waals surface area contributed by atoms with Crippen molar-refractivity contribution in [2.75, 3.05) is 0 Å². The summed E-state index contributed by atoms with van der Waals surface area (Å²) in [7, 11) is 14.8. The second-order valence-electron chi connectivity index (χ2n) is 0.152. The van der Waals surface area contributed by atoms with Gasteiger partial charge in [0, 0.05) is 0 Å². The van der Waals surface area contributed by atoms with E-state index in [-0.39, 0.29) is 0 Å². The summed E-state index contributed by atoms with van der Waals surface area (Å²) in [5, 5.41) is 6.50. The van der Waals surface area contributed by atoms with Gasteiger partial charge in [0.05, 0.1) is 0 Å². The second kappa shape index (κ2) is 9.65. The molecule has 43 valence electrons. The first-order chi connectivity index (χ1) is 2.73. The Morgan fingerprint density at radius 1 is 1.17 bits per heavy atom. The summed E-state index contributed by atoms with van der Waals surface area (Å²) in [6.45, 7) is 0. The van der Waals surface area contributed by atoms with Gasteiger partial charge in [-0.1, -0.05) is 0 Å². The number of nitrogens with two attached hydrogens (primary N) is 1. The third kappa shape index (κ3) is 52.8. The first-order valence-corrected chi connectivity index (χ1v) is 7.37. The van der Waals surface area contributed by atoms with Crippen LogP contribution in [0, 0.1) is 0 Å². The molecule has 0 bridgehead atoms. The fourth-order valence-electron chi connectivity index (χ4n) is 0. The fraction of sp³-hybridized carbons (Fsp3) is 0. The van der Waals surface area contributed by atoms with Gasteiger partial charge in [-0.3, -0.25) is 0 Å². The molecule has 0 aromatic rings. The summed E-state index contributed by atoms with van der Waals surface area (Å²) < 4.78 is 0. The van der Waals surface area contributed by atoms with Crippen LogP contribution in [0.15, 0.2) is 0 Å². The average Bonchev–Trinajstić information content (AvgIpc) is 1.41. The van der Waals surface area contributed by atoms with Crippen LogP contribution in [0.1, 0.15) is 0 Å². The summed E-state index contributed by atoms with van der Waals surface area (Å²) in [4.78, 5) is 0. The van der Waals surface area contributed by atoms with E-state index in [1.807, 2.05) is 0 Å². The molecule has 0 aliphatic heterocycles. The zero-order valence-corrected chi connectivity index (χ0v) is 6.52. The SMILES string of the molecule is NO.[Cl][Ru]([Cl])[Cl]. The van der Waals surface area contributed by atoms with Crippen molar-refractivity contribution in [2.24, 2.45) is 5.90 Å². The molecule has 6 heteroatoms. The van der Waals surface area contributed by atoms with Crippen molar-refractivity contribution in [3.63, 3.8) is 0 Å². The van der Waals surface area contributed by atoms with E-state index >= 15 is 0 Å². The Morgan fingerprint density at radius 3 is 1.17 bits per heavy atom. The Kier molecular flexibility index (Phi) is 16.7. The summed E-state index contributed by atoms with van der Waals surface area (Å²) >= 11 is -1.75. The molecular weight excluding hydrogens is 237 g/mol. The molecule has 0 heterocycles. The monoisotopic (exact) mass is 240 g/mol. The molecular formula is H3Cl3NORu. The van der Waals surface area contributed by atoms with E-state index in [2.05, 4.69) is 5.90 Å². The van der Waals surface area contributed by atoms with E-state index in [9.17, 15) is 0 Å². The summed E-state index contributed by atoms with van der Waals surface area (Å²) in [5.74, 6) is 3.50. The Bertz CT molecular complexity index is 15.5. The first-order valence-electron chi connectivity index (χ1n) is 0.659. The van der Waals surface area contributed by atoms with Gasteiger partial charge in [-0.15, -0.1) is 0 Å². The van der Waals surface area contributed by atoms with Crippen molar-refractivity contribution in [3.05, 3.63) is 0 Å². The van der Waals surface area contributed by atoms with E-state index in [0.29, 0.717) is 0 Å². The molecule has 0 aliphatic carbocycles. The van der Waals surface area contributed by atoms with E-state index in [1.54, 1.807) is 0 Å². The number of rotatable bonds is 0.